The Morgan fingerprint density at radius 2 is 1.84 bits per heavy atom. The Kier molecular flexibility index (Phi) is 4.73. The van der Waals surface area contributed by atoms with Crippen molar-refractivity contribution in [1.29, 1.82) is 0 Å². The van der Waals surface area contributed by atoms with Crippen LogP contribution in [0.15, 0.2) is 42.5 Å². The van der Waals surface area contributed by atoms with Crippen molar-refractivity contribution in [3.63, 3.8) is 0 Å². The van der Waals surface area contributed by atoms with Crippen LogP contribution in [0.1, 0.15) is 31.2 Å². The summed E-state index contributed by atoms with van der Waals surface area (Å²) in [6.45, 7) is 3.17. The Balaban J connectivity index is 1.42. The van der Waals surface area contributed by atoms with Crippen molar-refractivity contribution in [2.75, 3.05) is 11.9 Å². The van der Waals surface area contributed by atoms with Crippen molar-refractivity contribution in [2.45, 2.75) is 38.6 Å². The minimum atomic E-state index is 0.424. The maximum absolute atomic E-state index is 5.99. The fraction of sp³-hybridized carbons (Fsp3) is 0.381. The molecule has 1 aromatic heterocycles. The van der Waals surface area contributed by atoms with Crippen molar-refractivity contribution < 1.29 is 0 Å². The number of rotatable bonds is 4. The molecule has 1 saturated carbocycles. The topological polar surface area (TPSA) is 50.9 Å². The highest BCUT2D eigenvalue weighted by Crippen LogP contribution is 2.31. The van der Waals surface area contributed by atoms with Gasteiger partial charge in [-0.15, -0.1) is 11.3 Å². The van der Waals surface area contributed by atoms with Gasteiger partial charge in [-0.3, -0.25) is 0 Å². The summed E-state index contributed by atoms with van der Waals surface area (Å²) in [5.41, 5.74) is 10.7. The van der Waals surface area contributed by atoms with Gasteiger partial charge in [0.15, 0.2) is 0 Å². The van der Waals surface area contributed by atoms with Crippen molar-refractivity contribution in [3.8, 4) is 10.6 Å². The largest absolute Gasteiger partial charge is 0.385 e. The highest BCUT2D eigenvalue weighted by molar-refractivity contribution is 7.21. The average molecular weight is 352 g/mol. The van der Waals surface area contributed by atoms with E-state index >= 15 is 0 Å². The second-order valence-corrected chi connectivity index (χ2v) is 8.26. The lowest BCUT2D eigenvalue weighted by Crippen LogP contribution is -2.29. The van der Waals surface area contributed by atoms with E-state index in [0.717, 1.165) is 23.0 Å². The lowest BCUT2D eigenvalue weighted by atomic mass is 9.86. The molecule has 3 aromatic rings. The number of anilines is 1. The number of nitrogens with zero attached hydrogens (tertiary/aromatic N) is 1. The first-order valence-corrected chi connectivity index (χ1v) is 9.96. The molecule has 130 valence electrons. The van der Waals surface area contributed by atoms with Gasteiger partial charge in [0, 0.05) is 23.8 Å². The number of nitrogens with two attached hydrogens (primary N) is 1. The van der Waals surface area contributed by atoms with E-state index in [-0.39, 0.29) is 0 Å². The van der Waals surface area contributed by atoms with E-state index in [4.69, 9.17) is 10.7 Å². The zero-order valence-corrected chi connectivity index (χ0v) is 15.5. The molecule has 3 N–H and O–H groups in total. The molecule has 25 heavy (non-hydrogen) atoms. The van der Waals surface area contributed by atoms with Gasteiger partial charge in [0.05, 0.1) is 10.2 Å². The molecule has 1 aliphatic rings. The van der Waals surface area contributed by atoms with Crippen LogP contribution in [-0.2, 0) is 0 Å². The number of hydrogen-bond acceptors (Lipinski definition) is 4. The van der Waals surface area contributed by atoms with E-state index < -0.39 is 0 Å². The third-order valence-electron chi connectivity index (χ3n) is 5.16. The zero-order valence-electron chi connectivity index (χ0n) is 14.7. The molecule has 0 bridgehead atoms. The summed E-state index contributed by atoms with van der Waals surface area (Å²) in [4.78, 5) is 4.77. The summed E-state index contributed by atoms with van der Waals surface area (Å²) < 4.78 is 1.26. The van der Waals surface area contributed by atoms with Crippen LogP contribution in [0.25, 0.3) is 20.8 Å². The summed E-state index contributed by atoms with van der Waals surface area (Å²) in [5.74, 6) is 0.756. The van der Waals surface area contributed by atoms with Crippen molar-refractivity contribution >= 4 is 27.2 Å². The van der Waals surface area contributed by atoms with Gasteiger partial charge >= 0.3 is 0 Å². The number of hydrogen-bond donors (Lipinski definition) is 2. The highest BCUT2D eigenvalue weighted by Gasteiger charge is 2.18. The number of benzene rings is 2. The Morgan fingerprint density at radius 1 is 1.08 bits per heavy atom. The molecule has 1 fully saturated rings. The molecule has 0 spiro atoms. The second-order valence-electron chi connectivity index (χ2n) is 7.23. The molecule has 4 rings (SSSR count). The number of nitrogens with one attached hydrogen (secondary N) is 1. The summed E-state index contributed by atoms with van der Waals surface area (Å²) >= 11 is 1.76. The maximum atomic E-state index is 5.99. The molecule has 2 aromatic carbocycles. The van der Waals surface area contributed by atoms with Crippen LogP contribution < -0.4 is 11.1 Å². The first-order chi connectivity index (χ1) is 12.2. The van der Waals surface area contributed by atoms with Gasteiger partial charge in [0.2, 0.25) is 0 Å². The Labute approximate surface area is 153 Å². The molecule has 0 atom stereocenters. The minimum Gasteiger partial charge on any atom is -0.385 e. The number of fused-ring (bicyclic) bond motifs is 1. The Hall–Kier alpha value is -1.91. The van der Waals surface area contributed by atoms with Crippen LogP contribution in [0.2, 0.25) is 0 Å². The fourth-order valence-corrected chi connectivity index (χ4v) is 4.61. The van der Waals surface area contributed by atoms with Crippen molar-refractivity contribution in [3.05, 3.63) is 48.0 Å². The molecule has 1 heterocycles. The number of thiazole rings is 1. The third kappa shape index (κ3) is 3.86. The number of aryl methyl sites for hydroxylation is 1. The molecule has 0 aliphatic heterocycles. The quantitative estimate of drug-likeness (QED) is 0.679. The van der Waals surface area contributed by atoms with Crippen LogP contribution in [0.4, 0.5) is 5.69 Å². The SMILES string of the molecule is Cc1ccc2nc(-c3ccc(NC[C@H]4CC[C@H](N)CC4)cc3)sc2c1. The molecule has 0 saturated heterocycles. The van der Waals surface area contributed by atoms with Gasteiger partial charge in [-0.05, 0) is 80.5 Å². The summed E-state index contributed by atoms with van der Waals surface area (Å²) in [6.07, 6.45) is 4.83. The van der Waals surface area contributed by atoms with Crippen LogP contribution in [0.3, 0.4) is 0 Å². The van der Waals surface area contributed by atoms with Crippen molar-refractivity contribution in [2.24, 2.45) is 11.7 Å². The van der Waals surface area contributed by atoms with Gasteiger partial charge in [-0.1, -0.05) is 6.07 Å². The van der Waals surface area contributed by atoms with E-state index in [1.54, 1.807) is 11.3 Å². The minimum absolute atomic E-state index is 0.424. The fourth-order valence-electron chi connectivity index (χ4n) is 3.54. The molecular formula is C21H25N3S. The van der Waals surface area contributed by atoms with Crippen LogP contribution in [0.5, 0.6) is 0 Å². The van der Waals surface area contributed by atoms with Gasteiger partial charge < -0.3 is 11.1 Å². The Bertz CT molecular complexity index is 845. The van der Waals surface area contributed by atoms with E-state index in [1.807, 2.05) is 0 Å². The van der Waals surface area contributed by atoms with Crippen molar-refractivity contribution in [1.82, 2.24) is 4.98 Å². The second kappa shape index (κ2) is 7.14. The maximum Gasteiger partial charge on any atom is 0.124 e. The predicted octanol–water partition coefficient (Wildman–Crippen LogP) is 5.20. The summed E-state index contributed by atoms with van der Waals surface area (Å²) in [5, 5.41) is 4.68. The van der Waals surface area contributed by atoms with E-state index in [1.165, 1.54) is 47.2 Å². The first-order valence-electron chi connectivity index (χ1n) is 9.14. The zero-order chi connectivity index (χ0) is 17.2. The van der Waals surface area contributed by atoms with Crippen LogP contribution >= 0.6 is 11.3 Å². The molecule has 0 radical (unpaired) electrons. The lowest BCUT2D eigenvalue weighted by molar-refractivity contribution is 0.339. The number of aromatic nitrogens is 1. The van der Waals surface area contributed by atoms with E-state index in [2.05, 4.69) is 54.7 Å². The molecular weight excluding hydrogens is 326 g/mol. The standard InChI is InChI=1S/C21H25N3S/c1-14-2-11-19-20(12-14)25-21(24-19)16-5-9-18(10-6-16)23-13-15-3-7-17(22)8-4-15/h2,5-6,9-12,15,17,23H,3-4,7-8,13,22H2,1H3/t15-,17-. The predicted molar refractivity (Wildman–Crippen MR) is 108 cm³/mol. The normalized spacial score (nSPS) is 20.7. The molecule has 3 nitrogen and oxygen atoms in total. The molecule has 4 heteroatoms. The van der Waals surface area contributed by atoms with E-state index in [0.29, 0.717) is 6.04 Å². The average Bonchev–Trinajstić information content (AvgIpc) is 3.05. The van der Waals surface area contributed by atoms with Gasteiger partial charge in [-0.25, -0.2) is 4.98 Å². The first kappa shape index (κ1) is 16.6. The lowest BCUT2D eigenvalue weighted by Gasteiger charge is -2.26. The third-order valence-corrected chi connectivity index (χ3v) is 6.23. The van der Waals surface area contributed by atoms with Crippen LogP contribution in [-0.4, -0.2) is 17.6 Å². The van der Waals surface area contributed by atoms with Gasteiger partial charge in [0.1, 0.15) is 5.01 Å². The van der Waals surface area contributed by atoms with Gasteiger partial charge in [0.25, 0.3) is 0 Å². The summed E-state index contributed by atoms with van der Waals surface area (Å²) in [7, 11) is 0. The molecule has 0 unspecified atom stereocenters. The smallest absolute Gasteiger partial charge is 0.124 e. The van der Waals surface area contributed by atoms with E-state index in [9.17, 15) is 0 Å². The summed E-state index contributed by atoms with van der Waals surface area (Å²) in [6, 6.07) is 15.5. The highest BCUT2D eigenvalue weighted by atomic mass is 32.1. The Morgan fingerprint density at radius 3 is 2.60 bits per heavy atom. The monoisotopic (exact) mass is 351 g/mol. The van der Waals surface area contributed by atoms with Gasteiger partial charge in [-0.2, -0.15) is 0 Å². The van der Waals surface area contributed by atoms with Crippen LogP contribution in [0, 0.1) is 12.8 Å². The molecule has 0 amide bonds. The molecule has 1 aliphatic carbocycles.